The molecule has 0 bridgehead atoms. The van der Waals surface area contributed by atoms with Gasteiger partial charge in [0.15, 0.2) is 0 Å². The summed E-state index contributed by atoms with van der Waals surface area (Å²) in [4.78, 5) is 22.6. The molecular weight excluding hydrogens is 354 g/mol. The summed E-state index contributed by atoms with van der Waals surface area (Å²) in [6.07, 6.45) is 6.98. The number of nitrogens with zero attached hydrogens (tertiary/aromatic N) is 4. The number of hydrogen-bond acceptors (Lipinski definition) is 4. The molecule has 4 rings (SSSR count). The Morgan fingerprint density at radius 3 is 2.86 bits per heavy atom. The van der Waals surface area contributed by atoms with Crippen molar-refractivity contribution in [1.82, 2.24) is 24.8 Å². The molecule has 1 N–H and O–H groups in total. The predicted octanol–water partition coefficient (Wildman–Crippen LogP) is 3.92. The molecule has 0 radical (unpaired) electrons. The second kappa shape index (κ2) is 7.56. The minimum absolute atomic E-state index is 0.174. The van der Waals surface area contributed by atoms with Gasteiger partial charge in [-0.2, -0.15) is 0 Å². The Morgan fingerprint density at radius 1 is 1.29 bits per heavy atom. The SMILES string of the molecule is CC(c1cc2ccccc2o1)N(C)C(=O)NCc1ccc(-n2ccnc2)nc1. The van der Waals surface area contributed by atoms with Crippen LogP contribution < -0.4 is 5.32 Å². The van der Waals surface area contributed by atoms with E-state index in [2.05, 4.69) is 15.3 Å². The van der Waals surface area contributed by atoms with Crippen LogP contribution in [0, 0.1) is 0 Å². The number of rotatable bonds is 5. The van der Waals surface area contributed by atoms with Crippen LogP contribution in [0.2, 0.25) is 0 Å². The van der Waals surface area contributed by atoms with Gasteiger partial charge in [0.2, 0.25) is 0 Å². The minimum atomic E-state index is -0.186. The molecule has 2 amide bonds. The van der Waals surface area contributed by atoms with Crippen LogP contribution in [-0.4, -0.2) is 32.5 Å². The van der Waals surface area contributed by atoms with Crippen LogP contribution >= 0.6 is 0 Å². The molecule has 1 unspecified atom stereocenters. The van der Waals surface area contributed by atoms with Crippen LogP contribution in [0.3, 0.4) is 0 Å². The number of amides is 2. The largest absolute Gasteiger partial charge is 0.459 e. The number of imidazole rings is 1. The molecule has 142 valence electrons. The van der Waals surface area contributed by atoms with Gasteiger partial charge in [-0.15, -0.1) is 0 Å². The zero-order valence-electron chi connectivity index (χ0n) is 15.7. The average molecular weight is 375 g/mol. The van der Waals surface area contributed by atoms with E-state index >= 15 is 0 Å². The normalized spacial score (nSPS) is 12.1. The first-order valence-corrected chi connectivity index (χ1v) is 9.04. The number of pyridine rings is 1. The van der Waals surface area contributed by atoms with Crippen LogP contribution in [0.15, 0.2) is 71.8 Å². The van der Waals surface area contributed by atoms with Gasteiger partial charge in [-0.25, -0.2) is 14.8 Å². The van der Waals surface area contributed by atoms with Gasteiger partial charge in [-0.05, 0) is 30.7 Å². The highest BCUT2D eigenvalue weighted by Gasteiger charge is 2.20. The van der Waals surface area contributed by atoms with Crippen molar-refractivity contribution >= 4 is 17.0 Å². The summed E-state index contributed by atoms with van der Waals surface area (Å²) >= 11 is 0. The summed E-state index contributed by atoms with van der Waals surface area (Å²) in [5, 5.41) is 3.95. The summed E-state index contributed by atoms with van der Waals surface area (Å²) in [6, 6.07) is 13.3. The second-order valence-corrected chi connectivity index (χ2v) is 6.63. The Bertz CT molecular complexity index is 1040. The Labute approximate surface area is 162 Å². The number of carbonyl (C=O) groups excluding carboxylic acids is 1. The number of para-hydroxylation sites is 1. The number of nitrogens with one attached hydrogen (secondary N) is 1. The maximum atomic E-state index is 12.5. The van der Waals surface area contributed by atoms with E-state index in [1.165, 1.54) is 0 Å². The standard InChI is InChI=1S/C21H21N5O2/c1-15(19-11-17-5-3-4-6-18(17)28-19)25(2)21(27)24-13-16-7-8-20(23-12-16)26-10-9-22-14-26/h3-12,14-15H,13H2,1-2H3,(H,24,27). The third-order valence-electron chi connectivity index (χ3n) is 4.78. The van der Waals surface area contributed by atoms with Crippen molar-refractivity contribution in [3.63, 3.8) is 0 Å². The molecular formula is C21H21N5O2. The lowest BCUT2D eigenvalue weighted by Crippen LogP contribution is -2.38. The summed E-state index contributed by atoms with van der Waals surface area (Å²) in [7, 11) is 1.76. The zero-order chi connectivity index (χ0) is 19.5. The summed E-state index contributed by atoms with van der Waals surface area (Å²) < 4.78 is 7.70. The van der Waals surface area contributed by atoms with E-state index in [0.29, 0.717) is 6.54 Å². The molecule has 0 saturated carbocycles. The Balaban J connectivity index is 1.37. The third kappa shape index (κ3) is 3.59. The van der Waals surface area contributed by atoms with Crippen molar-refractivity contribution in [2.45, 2.75) is 19.5 Å². The monoisotopic (exact) mass is 375 g/mol. The fraction of sp³-hybridized carbons (Fsp3) is 0.190. The first-order valence-electron chi connectivity index (χ1n) is 9.04. The maximum Gasteiger partial charge on any atom is 0.318 e. The van der Waals surface area contributed by atoms with Gasteiger partial charge in [-0.1, -0.05) is 24.3 Å². The van der Waals surface area contributed by atoms with Gasteiger partial charge < -0.3 is 14.6 Å². The van der Waals surface area contributed by atoms with Crippen LogP contribution in [-0.2, 0) is 6.54 Å². The van der Waals surface area contributed by atoms with Crippen molar-refractivity contribution in [3.8, 4) is 5.82 Å². The lowest BCUT2D eigenvalue weighted by Gasteiger charge is -2.23. The zero-order valence-corrected chi connectivity index (χ0v) is 15.7. The Morgan fingerprint density at radius 2 is 2.14 bits per heavy atom. The van der Waals surface area contributed by atoms with Gasteiger partial charge >= 0.3 is 6.03 Å². The molecule has 0 aliphatic heterocycles. The van der Waals surface area contributed by atoms with E-state index in [1.54, 1.807) is 30.7 Å². The van der Waals surface area contributed by atoms with Gasteiger partial charge in [0.1, 0.15) is 23.5 Å². The number of hydrogen-bond donors (Lipinski definition) is 1. The highest BCUT2D eigenvalue weighted by molar-refractivity contribution is 5.78. The second-order valence-electron chi connectivity index (χ2n) is 6.63. The molecule has 1 atom stereocenters. The molecule has 3 aromatic heterocycles. The summed E-state index contributed by atoms with van der Waals surface area (Å²) in [5.41, 5.74) is 1.74. The molecule has 7 nitrogen and oxygen atoms in total. The van der Waals surface area contributed by atoms with Gasteiger partial charge in [0, 0.05) is 37.6 Å². The van der Waals surface area contributed by atoms with Gasteiger partial charge in [0.25, 0.3) is 0 Å². The lowest BCUT2D eigenvalue weighted by atomic mass is 10.2. The molecule has 3 heterocycles. The maximum absolute atomic E-state index is 12.5. The number of carbonyl (C=O) groups is 1. The Hall–Kier alpha value is -3.61. The van der Waals surface area contributed by atoms with Gasteiger partial charge in [-0.3, -0.25) is 4.57 Å². The smallest absolute Gasteiger partial charge is 0.318 e. The fourth-order valence-corrected chi connectivity index (χ4v) is 2.95. The van der Waals surface area contributed by atoms with Gasteiger partial charge in [0.05, 0.1) is 6.04 Å². The number of urea groups is 1. The van der Waals surface area contributed by atoms with Crippen molar-refractivity contribution in [2.24, 2.45) is 0 Å². The molecule has 0 spiro atoms. The van der Waals surface area contributed by atoms with E-state index in [9.17, 15) is 4.79 Å². The van der Waals surface area contributed by atoms with E-state index in [0.717, 1.165) is 28.1 Å². The molecule has 0 aliphatic rings. The van der Waals surface area contributed by atoms with Crippen molar-refractivity contribution in [2.75, 3.05) is 7.05 Å². The summed E-state index contributed by atoms with van der Waals surface area (Å²) in [5.74, 6) is 1.54. The van der Waals surface area contributed by atoms with Crippen LogP contribution in [0.4, 0.5) is 4.79 Å². The van der Waals surface area contributed by atoms with E-state index in [-0.39, 0.29) is 12.1 Å². The highest BCUT2D eigenvalue weighted by Crippen LogP contribution is 2.26. The van der Waals surface area contributed by atoms with Crippen LogP contribution in [0.5, 0.6) is 0 Å². The first-order chi connectivity index (χ1) is 13.6. The molecule has 0 saturated heterocycles. The van der Waals surface area contributed by atoms with Crippen molar-refractivity contribution in [1.29, 1.82) is 0 Å². The number of fused-ring (bicyclic) bond motifs is 1. The topological polar surface area (TPSA) is 76.2 Å². The first kappa shape index (κ1) is 17.8. The molecule has 4 aromatic rings. The lowest BCUT2D eigenvalue weighted by molar-refractivity contribution is 0.187. The molecule has 7 heteroatoms. The average Bonchev–Trinajstić information content (AvgIpc) is 3.41. The minimum Gasteiger partial charge on any atom is -0.459 e. The molecule has 1 aromatic carbocycles. The number of furan rings is 1. The Kier molecular flexibility index (Phi) is 4.80. The molecule has 0 fully saturated rings. The fourth-order valence-electron chi connectivity index (χ4n) is 2.95. The van der Waals surface area contributed by atoms with Crippen molar-refractivity contribution < 1.29 is 9.21 Å². The van der Waals surface area contributed by atoms with E-state index < -0.39 is 0 Å². The highest BCUT2D eigenvalue weighted by atomic mass is 16.3. The number of aromatic nitrogens is 3. The van der Waals surface area contributed by atoms with Crippen molar-refractivity contribution in [3.05, 3.63) is 78.7 Å². The summed E-state index contributed by atoms with van der Waals surface area (Å²) in [6.45, 7) is 2.34. The quantitative estimate of drug-likeness (QED) is 0.574. The molecule has 0 aliphatic carbocycles. The van der Waals surface area contributed by atoms with E-state index in [4.69, 9.17) is 4.42 Å². The molecule has 28 heavy (non-hydrogen) atoms. The van der Waals surface area contributed by atoms with Crippen LogP contribution in [0.25, 0.3) is 16.8 Å². The third-order valence-corrected chi connectivity index (χ3v) is 4.78. The predicted molar refractivity (Wildman–Crippen MR) is 106 cm³/mol. The van der Waals surface area contributed by atoms with Crippen LogP contribution in [0.1, 0.15) is 24.3 Å². The number of benzene rings is 1. The van der Waals surface area contributed by atoms with E-state index in [1.807, 2.05) is 60.2 Å².